The third-order valence-electron chi connectivity index (χ3n) is 7.99. The highest BCUT2D eigenvalue weighted by molar-refractivity contribution is 6.04. The highest BCUT2D eigenvalue weighted by atomic mass is 19.3. The Morgan fingerprint density at radius 2 is 1.80 bits per heavy atom. The van der Waals surface area contributed by atoms with Crippen molar-refractivity contribution in [3.05, 3.63) is 88.4 Å². The van der Waals surface area contributed by atoms with Gasteiger partial charge in [0.1, 0.15) is 11.6 Å². The number of amides is 1. The molecule has 2 saturated heterocycles. The van der Waals surface area contributed by atoms with Crippen LogP contribution in [-0.4, -0.2) is 67.0 Å². The van der Waals surface area contributed by atoms with Gasteiger partial charge in [-0.1, -0.05) is 17.9 Å². The molecule has 9 heteroatoms. The molecule has 1 amide bonds. The van der Waals surface area contributed by atoms with E-state index in [2.05, 4.69) is 36.8 Å². The van der Waals surface area contributed by atoms with E-state index in [0.717, 1.165) is 51.5 Å². The molecule has 2 fully saturated rings. The van der Waals surface area contributed by atoms with Gasteiger partial charge in [0.15, 0.2) is 0 Å². The number of nitrogens with zero attached hydrogens (tertiary/aromatic N) is 4. The predicted molar refractivity (Wildman–Crippen MR) is 148 cm³/mol. The molecule has 1 N–H and O–H groups in total. The summed E-state index contributed by atoms with van der Waals surface area (Å²) in [5.74, 6) is 2.55. The van der Waals surface area contributed by atoms with Gasteiger partial charge in [-0.05, 0) is 61.5 Å². The zero-order valence-corrected chi connectivity index (χ0v) is 22.3. The summed E-state index contributed by atoms with van der Waals surface area (Å²) in [4.78, 5) is 23.8. The number of rotatable bonds is 4. The van der Waals surface area contributed by atoms with Gasteiger partial charge in [-0.25, -0.2) is 18.2 Å². The lowest BCUT2D eigenvalue weighted by Crippen LogP contribution is -2.45. The maximum absolute atomic E-state index is 15.1. The molecule has 3 aliphatic rings. The second-order valence-electron chi connectivity index (χ2n) is 10.7. The fourth-order valence-electron chi connectivity index (χ4n) is 5.48. The molecular formula is C31H30F3N5O. The van der Waals surface area contributed by atoms with E-state index in [9.17, 15) is 9.18 Å². The van der Waals surface area contributed by atoms with Crippen molar-refractivity contribution in [2.45, 2.75) is 24.8 Å². The normalized spacial score (nSPS) is 20.3. The zero-order valence-electron chi connectivity index (χ0n) is 22.3. The highest BCUT2D eigenvalue weighted by Crippen LogP contribution is 2.50. The second kappa shape index (κ2) is 10.6. The first-order chi connectivity index (χ1) is 19.3. The van der Waals surface area contributed by atoms with E-state index in [-0.39, 0.29) is 34.8 Å². The Kier molecular flexibility index (Phi) is 6.99. The minimum absolute atomic E-state index is 0.0464. The van der Waals surface area contributed by atoms with E-state index in [0.29, 0.717) is 11.1 Å². The van der Waals surface area contributed by atoms with Crippen molar-refractivity contribution in [1.82, 2.24) is 14.8 Å². The number of piperazine rings is 1. The van der Waals surface area contributed by atoms with E-state index in [4.69, 9.17) is 0 Å². The fraction of sp³-hybridized carbons (Fsp3) is 0.355. The molecule has 1 aliphatic carbocycles. The van der Waals surface area contributed by atoms with E-state index < -0.39 is 17.6 Å². The SMILES string of the molecule is CN1CCN(C2CC(F)(F)c3cc(NC(=O)c4ccc(F)c(C#Cc5ccnc(N6CCC6)c5)c4)ccc32)CC1. The molecule has 6 rings (SSSR count). The number of alkyl halides is 2. The monoisotopic (exact) mass is 545 g/mol. The summed E-state index contributed by atoms with van der Waals surface area (Å²) >= 11 is 0. The maximum atomic E-state index is 15.1. The molecule has 6 nitrogen and oxygen atoms in total. The molecule has 2 aliphatic heterocycles. The molecule has 0 radical (unpaired) electrons. The lowest BCUT2D eigenvalue weighted by atomic mass is 10.0. The lowest BCUT2D eigenvalue weighted by molar-refractivity contribution is -0.0257. The number of aromatic nitrogens is 1. The van der Waals surface area contributed by atoms with Crippen LogP contribution in [0.5, 0.6) is 0 Å². The number of hydrogen-bond acceptors (Lipinski definition) is 5. The van der Waals surface area contributed by atoms with Gasteiger partial charge in [-0.15, -0.1) is 0 Å². The summed E-state index contributed by atoms with van der Waals surface area (Å²) in [6.45, 7) is 5.08. The van der Waals surface area contributed by atoms with Gasteiger partial charge in [0.2, 0.25) is 0 Å². The van der Waals surface area contributed by atoms with Gasteiger partial charge in [0.05, 0.1) is 5.56 Å². The number of carbonyl (C=O) groups excluding carboxylic acids is 1. The first-order valence-electron chi connectivity index (χ1n) is 13.6. The Hall–Kier alpha value is -3.87. The molecule has 1 aromatic heterocycles. The number of anilines is 2. The molecule has 2 aromatic carbocycles. The largest absolute Gasteiger partial charge is 0.356 e. The zero-order chi connectivity index (χ0) is 27.9. The van der Waals surface area contributed by atoms with Crippen molar-refractivity contribution in [1.29, 1.82) is 0 Å². The molecule has 0 saturated carbocycles. The Bertz CT molecular complexity index is 1500. The van der Waals surface area contributed by atoms with E-state index in [1.54, 1.807) is 24.4 Å². The summed E-state index contributed by atoms with van der Waals surface area (Å²) < 4.78 is 44.7. The van der Waals surface area contributed by atoms with Crippen LogP contribution in [0.15, 0.2) is 54.7 Å². The van der Waals surface area contributed by atoms with Gasteiger partial charge in [0, 0.05) is 80.3 Å². The fourth-order valence-corrected chi connectivity index (χ4v) is 5.48. The van der Waals surface area contributed by atoms with Crippen LogP contribution in [0.3, 0.4) is 0 Å². The number of pyridine rings is 1. The van der Waals surface area contributed by atoms with Gasteiger partial charge in [-0.3, -0.25) is 9.69 Å². The van der Waals surface area contributed by atoms with Crippen molar-refractivity contribution in [2.24, 2.45) is 0 Å². The number of likely N-dealkylation sites (N-methyl/N-ethyl adjacent to an activating group) is 1. The summed E-state index contributed by atoms with van der Waals surface area (Å²) in [7, 11) is 2.03. The molecule has 3 heterocycles. The van der Waals surface area contributed by atoms with Crippen LogP contribution in [0.4, 0.5) is 24.7 Å². The van der Waals surface area contributed by atoms with Gasteiger partial charge in [-0.2, -0.15) is 0 Å². The maximum Gasteiger partial charge on any atom is 0.275 e. The van der Waals surface area contributed by atoms with Crippen LogP contribution in [0, 0.1) is 17.7 Å². The van der Waals surface area contributed by atoms with Gasteiger partial charge in [0.25, 0.3) is 11.8 Å². The number of fused-ring (bicyclic) bond motifs is 1. The number of nitrogens with one attached hydrogen (secondary N) is 1. The quantitative estimate of drug-likeness (QED) is 0.475. The van der Waals surface area contributed by atoms with Crippen molar-refractivity contribution in [2.75, 3.05) is 56.5 Å². The molecular weight excluding hydrogens is 515 g/mol. The van der Waals surface area contributed by atoms with Crippen LogP contribution in [0.2, 0.25) is 0 Å². The topological polar surface area (TPSA) is 51.7 Å². The van der Waals surface area contributed by atoms with Crippen molar-refractivity contribution in [3.63, 3.8) is 0 Å². The lowest BCUT2D eigenvalue weighted by Gasteiger charge is -2.36. The van der Waals surface area contributed by atoms with E-state index >= 15 is 8.78 Å². The highest BCUT2D eigenvalue weighted by Gasteiger charge is 2.47. The van der Waals surface area contributed by atoms with Crippen LogP contribution in [0.1, 0.15) is 51.5 Å². The van der Waals surface area contributed by atoms with Crippen LogP contribution < -0.4 is 10.2 Å². The predicted octanol–water partition coefficient (Wildman–Crippen LogP) is 4.87. The number of halogens is 3. The van der Waals surface area contributed by atoms with Crippen LogP contribution in [-0.2, 0) is 5.92 Å². The number of carbonyl (C=O) groups is 1. The molecule has 1 atom stereocenters. The van der Waals surface area contributed by atoms with E-state index in [1.807, 2.05) is 13.1 Å². The Labute approximate surface area is 231 Å². The third kappa shape index (κ3) is 5.29. The Balaban J connectivity index is 1.19. The molecule has 0 bridgehead atoms. The minimum atomic E-state index is -2.98. The molecule has 0 spiro atoms. The smallest absolute Gasteiger partial charge is 0.275 e. The molecule has 1 unspecified atom stereocenters. The minimum Gasteiger partial charge on any atom is -0.356 e. The number of hydrogen-bond donors (Lipinski definition) is 1. The van der Waals surface area contributed by atoms with Crippen molar-refractivity contribution >= 4 is 17.4 Å². The second-order valence-corrected chi connectivity index (χ2v) is 10.7. The molecule has 40 heavy (non-hydrogen) atoms. The standard InChI is InChI=1S/C31H30F3N5O/c1-37-13-15-38(16-14-37)28-20-31(33,34)26-19-24(6-7-25(26)28)36-30(40)23-5-8-27(32)22(18-23)4-3-21-9-10-35-29(17-21)39-11-2-12-39/h5-10,17-19,28H,2,11-16,20H2,1H3,(H,36,40). The Morgan fingerprint density at radius 3 is 2.55 bits per heavy atom. The van der Waals surface area contributed by atoms with Gasteiger partial charge < -0.3 is 15.1 Å². The summed E-state index contributed by atoms with van der Waals surface area (Å²) in [6.07, 6.45) is 2.54. The van der Waals surface area contributed by atoms with Crippen molar-refractivity contribution in [3.8, 4) is 11.8 Å². The average Bonchev–Trinajstić information content (AvgIpc) is 3.18. The van der Waals surface area contributed by atoms with E-state index in [1.165, 1.54) is 24.3 Å². The molecule has 3 aromatic rings. The Morgan fingerprint density at radius 1 is 1.00 bits per heavy atom. The average molecular weight is 546 g/mol. The first kappa shape index (κ1) is 26.4. The number of benzene rings is 2. The van der Waals surface area contributed by atoms with Crippen LogP contribution >= 0.6 is 0 Å². The third-order valence-corrected chi connectivity index (χ3v) is 7.99. The first-order valence-corrected chi connectivity index (χ1v) is 13.6. The summed E-state index contributed by atoms with van der Waals surface area (Å²) in [5.41, 5.74) is 1.79. The molecule has 206 valence electrons. The summed E-state index contributed by atoms with van der Waals surface area (Å²) in [6, 6.07) is 11.9. The summed E-state index contributed by atoms with van der Waals surface area (Å²) in [5, 5.41) is 2.70. The van der Waals surface area contributed by atoms with Gasteiger partial charge >= 0.3 is 0 Å². The van der Waals surface area contributed by atoms with Crippen LogP contribution in [0.25, 0.3) is 0 Å². The van der Waals surface area contributed by atoms with Crippen molar-refractivity contribution < 1.29 is 18.0 Å².